The molecule has 21 heavy (non-hydrogen) atoms. The monoisotopic (exact) mass is 292 g/mol. The SMILES string of the molecule is O=C(O)CC(=O)C1CCN(c2ccc([N+](=O)[O-])cc2)CC1. The average molecular weight is 292 g/mol. The number of hydrogen-bond donors (Lipinski definition) is 1. The van der Waals surface area contributed by atoms with Gasteiger partial charge in [-0.1, -0.05) is 0 Å². The van der Waals surface area contributed by atoms with E-state index in [4.69, 9.17) is 5.11 Å². The van der Waals surface area contributed by atoms with Crippen molar-refractivity contribution in [1.29, 1.82) is 0 Å². The number of non-ortho nitro benzene ring substituents is 1. The maximum atomic E-state index is 11.7. The summed E-state index contributed by atoms with van der Waals surface area (Å²) in [5.74, 6) is -1.50. The van der Waals surface area contributed by atoms with E-state index in [1.54, 1.807) is 12.1 Å². The molecule has 0 bridgehead atoms. The maximum Gasteiger partial charge on any atom is 0.310 e. The summed E-state index contributed by atoms with van der Waals surface area (Å²) in [6.45, 7) is 1.29. The number of nitro groups is 1. The summed E-state index contributed by atoms with van der Waals surface area (Å²) in [5.41, 5.74) is 0.926. The molecule has 7 heteroatoms. The fraction of sp³-hybridized carbons (Fsp3) is 0.429. The molecule has 0 amide bonds. The molecule has 1 aromatic carbocycles. The van der Waals surface area contributed by atoms with Crippen LogP contribution in [0.25, 0.3) is 0 Å². The maximum absolute atomic E-state index is 11.7. The zero-order valence-corrected chi connectivity index (χ0v) is 11.4. The summed E-state index contributed by atoms with van der Waals surface area (Å²) in [7, 11) is 0. The van der Waals surface area contributed by atoms with Crippen LogP contribution in [0.5, 0.6) is 0 Å². The number of rotatable bonds is 5. The first-order valence-corrected chi connectivity index (χ1v) is 6.71. The molecule has 0 aliphatic carbocycles. The molecule has 0 radical (unpaired) electrons. The predicted octanol–water partition coefficient (Wildman–Crippen LogP) is 1.86. The highest BCUT2D eigenvalue weighted by molar-refractivity contribution is 5.96. The number of anilines is 1. The van der Waals surface area contributed by atoms with E-state index in [2.05, 4.69) is 0 Å². The Morgan fingerprint density at radius 1 is 1.24 bits per heavy atom. The molecule has 0 unspecified atom stereocenters. The molecule has 1 fully saturated rings. The molecule has 2 rings (SSSR count). The number of carbonyl (C=O) groups is 2. The van der Waals surface area contributed by atoms with Gasteiger partial charge in [-0.3, -0.25) is 19.7 Å². The summed E-state index contributed by atoms with van der Waals surface area (Å²) in [4.78, 5) is 34.4. The van der Waals surface area contributed by atoms with Crippen molar-refractivity contribution in [1.82, 2.24) is 0 Å². The molecule has 0 saturated carbocycles. The first-order valence-electron chi connectivity index (χ1n) is 6.71. The van der Waals surface area contributed by atoms with Crippen molar-refractivity contribution in [2.45, 2.75) is 19.3 Å². The van der Waals surface area contributed by atoms with Crippen LogP contribution in [0.3, 0.4) is 0 Å². The van der Waals surface area contributed by atoms with Gasteiger partial charge in [-0.15, -0.1) is 0 Å². The van der Waals surface area contributed by atoms with Crippen LogP contribution in [0.2, 0.25) is 0 Å². The summed E-state index contributed by atoms with van der Waals surface area (Å²) in [6.07, 6.45) is 0.814. The van der Waals surface area contributed by atoms with Gasteiger partial charge < -0.3 is 10.0 Å². The van der Waals surface area contributed by atoms with E-state index in [1.807, 2.05) is 4.90 Å². The van der Waals surface area contributed by atoms with Gasteiger partial charge in [0.1, 0.15) is 12.2 Å². The lowest BCUT2D eigenvalue weighted by Gasteiger charge is -2.32. The third kappa shape index (κ3) is 3.77. The Hall–Kier alpha value is -2.44. The number of carboxylic acids is 1. The number of hydrogen-bond acceptors (Lipinski definition) is 5. The highest BCUT2D eigenvalue weighted by atomic mass is 16.6. The Labute approximate surface area is 121 Å². The molecule has 0 aromatic heterocycles. The second-order valence-electron chi connectivity index (χ2n) is 5.07. The van der Waals surface area contributed by atoms with E-state index < -0.39 is 17.3 Å². The highest BCUT2D eigenvalue weighted by Crippen LogP contribution is 2.26. The van der Waals surface area contributed by atoms with Gasteiger partial charge in [0.05, 0.1) is 4.92 Å². The van der Waals surface area contributed by atoms with E-state index in [0.717, 1.165) is 5.69 Å². The average Bonchev–Trinajstić information content (AvgIpc) is 2.47. The van der Waals surface area contributed by atoms with Crippen LogP contribution >= 0.6 is 0 Å². The van der Waals surface area contributed by atoms with Crippen molar-refractivity contribution in [3.63, 3.8) is 0 Å². The molecule has 7 nitrogen and oxygen atoms in total. The van der Waals surface area contributed by atoms with Crippen molar-refractivity contribution < 1.29 is 19.6 Å². The Bertz CT molecular complexity index is 547. The highest BCUT2D eigenvalue weighted by Gasteiger charge is 2.26. The summed E-state index contributed by atoms with van der Waals surface area (Å²) >= 11 is 0. The van der Waals surface area contributed by atoms with Crippen LogP contribution in [-0.2, 0) is 9.59 Å². The molecule has 1 N–H and O–H groups in total. The van der Waals surface area contributed by atoms with Crippen LogP contribution in [0, 0.1) is 16.0 Å². The lowest BCUT2D eigenvalue weighted by molar-refractivity contribution is -0.384. The molecular formula is C14H16N2O5. The standard InChI is InChI=1S/C14H16N2O5/c17-13(9-14(18)19)10-5-7-15(8-6-10)11-1-3-12(4-2-11)16(20)21/h1-4,10H,5-9H2,(H,18,19). The summed E-state index contributed by atoms with van der Waals surface area (Å²) < 4.78 is 0. The van der Waals surface area contributed by atoms with Gasteiger partial charge in [-0.2, -0.15) is 0 Å². The Morgan fingerprint density at radius 2 is 1.81 bits per heavy atom. The number of ketones is 1. The van der Waals surface area contributed by atoms with Gasteiger partial charge >= 0.3 is 5.97 Å². The fourth-order valence-corrected chi connectivity index (χ4v) is 2.54. The summed E-state index contributed by atoms with van der Waals surface area (Å²) in [5, 5.41) is 19.2. The number of carbonyl (C=O) groups excluding carboxylic acids is 1. The van der Waals surface area contributed by atoms with Crippen molar-refractivity contribution in [3.8, 4) is 0 Å². The number of nitro benzene ring substituents is 1. The van der Waals surface area contributed by atoms with Crippen LogP contribution in [-0.4, -0.2) is 34.9 Å². The number of piperidine rings is 1. The lowest BCUT2D eigenvalue weighted by atomic mass is 9.91. The number of aliphatic carboxylic acids is 1. The van der Waals surface area contributed by atoms with E-state index in [-0.39, 0.29) is 17.4 Å². The smallest absolute Gasteiger partial charge is 0.310 e. The minimum absolute atomic E-state index is 0.0465. The number of carboxylic acid groups (broad SMARTS) is 1. The van der Waals surface area contributed by atoms with Crippen LogP contribution in [0.15, 0.2) is 24.3 Å². The lowest BCUT2D eigenvalue weighted by Crippen LogP contribution is -2.36. The van der Waals surface area contributed by atoms with E-state index in [9.17, 15) is 19.7 Å². The van der Waals surface area contributed by atoms with E-state index in [0.29, 0.717) is 25.9 Å². The van der Waals surface area contributed by atoms with Gasteiger partial charge in [-0.25, -0.2) is 0 Å². The second kappa shape index (κ2) is 6.34. The molecule has 1 aromatic rings. The molecule has 0 spiro atoms. The second-order valence-corrected chi connectivity index (χ2v) is 5.07. The molecule has 112 valence electrons. The zero-order chi connectivity index (χ0) is 15.4. The van der Waals surface area contributed by atoms with Gasteiger partial charge in [0.2, 0.25) is 0 Å². The number of nitrogens with zero attached hydrogens (tertiary/aromatic N) is 2. The van der Waals surface area contributed by atoms with E-state index >= 15 is 0 Å². The first-order chi connectivity index (χ1) is 9.97. The van der Waals surface area contributed by atoms with Crippen molar-refractivity contribution in [2.75, 3.05) is 18.0 Å². The van der Waals surface area contributed by atoms with Crippen LogP contribution in [0.4, 0.5) is 11.4 Å². The quantitative estimate of drug-likeness (QED) is 0.505. The van der Waals surface area contributed by atoms with Gasteiger partial charge in [0.25, 0.3) is 5.69 Å². The van der Waals surface area contributed by atoms with Crippen molar-refractivity contribution in [2.24, 2.45) is 5.92 Å². The van der Waals surface area contributed by atoms with Gasteiger partial charge in [0.15, 0.2) is 0 Å². The minimum atomic E-state index is -1.09. The molecule has 0 atom stereocenters. The largest absolute Gasteiger partial charge is 0.481 e. The normalized spacial score (nSPS) is 15.7. The Kier molecular flexibility index (Phi) is 4.52. The third-order valence-electron chi connectivity index (χ3n) is 3.70. The molecule has 1 saturated heterocycles. The van der Waals surface area contributed by atoms with Crippen molar-refractivity contribution in [3.05, 3.63) is 34.4 Å². The topological polar surface area (TPSA) is 101 Å². The minimum Gasteiger partial charge on any atom is -0.481 e. The first kappa shape index (κ1) is 15.0. The van der Waals surface area contributed by atoms with E-state index in [1.165, 1.54) is 12.1 Å². The Morgan fingerprint density at radius 3 is 2.29 bits per heavy atom. The number of Topliss-reactive ketones (excluding diaryl/α,β-unsaturated/α-hetero) is 1. The zero-order valence-electron chi connectivity index (χ0n) is 11.4. The van der Waals surface area contributed by atoms with Crippen molar-refractivity contribution >= 4 is 23.1 Å². The van der Waals surface area contributed by atoms with Gasteiger partial charge in [-0.05, 0) is 25.0 Å². The van der Waals surface area contributed by atoms with Crippen LogP contribution in [0.1, 0.15) is 19.3 Å². The molecule has 1 aliphatic heterocycles. The fourth-order valence-electron chi connectivity index (χ4n) is 2.54. The predicted molar refractivity (Wildman–Crippen MR) is 75.3 cm³/mol. The summed E-state index contributed by atoms with van der Waals surface area (Å²) in [6, 6.07) is 6.29. The molecular weight excluding hydrogens is 276 g/mol. The third-order valence-corrected chi connectivity index (χ3v) is 3.70. The van der Waals surface area contributed by atoms with Gasteiger partial charge in [0, 0.05) is 36.8 Å². The Balaban J connectivity index is 1.93. The number of benzene rings is 1. The molecule has 1 aliphatic rings. The van der Waals surface area contributed by atoms with Crippen LogP contribution < -0.4 is 4.90 Å². The molecule has 1 heterocycles.